The van der Waals surface area contributed by atoms with Crippen molar-refractivity contribution in [1.82, 2.24) is 9.55 Å². The summed E-state index contributed by atoms with van der Waals surface area (Å²) in [4.78, 5) is 25.2. The summed E-state index contributed by atoms with van der Waals surface area (Å²) in [6, 6.07) is 0. The van der Waals surface area contributed by atoms with E-state index in [4.69, 9.17) is 9.84 Å². The monoisotopic (exact) mass is 238 g/mol. The van der Waals surface area contributed by atoms with Crippen molar-refractivity contribution < 1.29 is 9.84 Å². The molecule has 1 aliphatic heterocycles. The van der Waals surface area contributed by atoms with E-state index in [1.54, 1.807) is 6.92 Å². The van der Waals surface area contributed by atoms with E-state index in [1.807, 2.05) is 0 Å². The van der Waals surface area contributed by atoms with Crippen molar-refractivity contribution in [3.8, 4) is 0 Å². The molecule has 6 heteroatoms. The second-order valence-electron chi connectivity index (χ2n) is 4.79. The summed E-state index contributed by atoms with van der Waals surface area (Å²) in [5, 5.41) is 9.13. The van der Waals surface area contributed by atoms with Gasteiger partial charge in [-0.05, 0) is 19.3 Å². The van der Waals surface area contributed by atoms with Gasteiger partial charge in [-0.3, -0.25) is 14.3 Å². The van der Waals surface area contributed by atoms with E-state index >= 15 is 0 Å². The molecule has 17 heavy (non-hydrogen) atoms. The Kier molecular flexibility index (Phi) is 2.24. The number of aryl methyl sites for hydroxylation is 1. The number of aliphatic hydroxyl groups excluding tert-OH is 1. The van der Waals surface area contributed by atoms with Gasteiger partial charge >= 0.3 is 5.69 Å². The van der Waals surface area contributed by atoms with Crippen molar-refractivity contribution in [2.24, 2.45) is 11.8 Å². The number of H-pyrrole nitrogens is 1. The first kappa shape index (κ1) is 10.7. The quantitative estimate of drug-likeness (QED) is 0.718. The van der Waals surface area contributed by atoms with Gasteiger partial charge in [0.1, 0.15) is 6.23 Å². The van der Waals surface area contributed by atoms with Crippen molar-refractivity contribution in [1.29, 1.82) is 0 Å². The summed E-state index contributed by atoms with van der Waals surface area (Å²) in [5.41, 5.74) is -0.331. The normalized spacial score (nSPS) is 34.7. The van der Waals surface area contributed by atoms with Crippen LogP contribution < -0.4 is 11.2 Å². The molecule has 1 saturated carbocycles. The molecule has 0 bridgehead atoms. The minimum Gasteiger partial charge on any atom is -0.394 e. The lowest BCUT2D eigenvalue weighted by Crippen LogP contribution is -2.34. The number of ether oxygens (including phenoxy) is 1. The average molecular weight is 238 g/mol. The highest BCUT2D eigenvalue weighted by Gasteiger charge is 2.56. The van der Waals surface area contributed by atoms with E-state index in [0.717, 1.165) is 6.42 Å². The Balaban J connectivity index is 1.98. The average Bonchev–Trinajstić information content (AvgIpc) is 3.00. The molecule has 92 valence electrons. The maximum Gasteiger partial charge on any atom is 0.330 e. The number of fused-ring (bicyclic) bond motifs is 1. The van der Waals surface area contributed by atoms with Crippen LogP contribution in [-0.2, 0) is 4.74 Å². The van der Waals surface area contributed by atoms with Gasteiger partial charge in [0.2, 0.25) is 0 Å². The van der Waals surface area contributed by atoms with Gasteiger partial charge in [-0.2, -0.15) is 0 Å². The van der Waals surface area contributed by atoms with Crippen molar-refractivity contribution >= 4 is 0 Å². The van der Waals surface area contributed by atoms with Crippen LogP contribution >= 0.6 is 0 Å². The summed E-state index contributed by atoms with van der Waals surface area (Å²) in [6.45, 7) is 1.63. The summed E-state index contributed by atoms with van der Waals surface area (Å²) in [6.07, 6.45) is 1.98. The summed E-state index contributed by atoms with van der Waals surface area (Å²) in [7, 11) is 0. The SMILES string of the molecule is Cc1cn([C@H]2O[C@H](CO)[C@@H]3C[C@@H]32)c(=O)[nH]c1=O. The van der Waals surface area contributed by atoms with Crippen molar-refractivity contribution in [2.45, 2.75) is 25.7 Å². The molecule has 2 N–H and O–H groups in total. The smallest absolute Gasteiger partial charge is 0.330 e. The molecule has 0 amide bonds. The molecule has 6 nitrogen and oxygen atoms in total. The Hall–Kier alpha value is -1.40. The van der Waals surface area contributed by atoms with Gasteiger partial charge in [0, 0.05) is 17.7 Å². The standard InChI is InChI=1S/C11H14N2O4/c1-5-3-13(11(16)12-9(5)15)10-7-2-6(7)8(4-14)17-10/h3,6-8,10,14H,2,4H2,1H3,(H,12,15,16)/t6-,7+,8-,10+/m1/s1. The number of nitrogens with zero attached hydrogens (tertiary/aromatic N) is 1. The first-order chi connectivity index (χ1) is 8.11. The lowest BCUT2D eigenvalue weighted by atomic mass is 10.2. The van der Waals surface area contributed by atoms with Crippen LogP contribution in [0.25, 0.3) is 0 Å². The molecule has 4 atom stereocenters. The molecule has 3 rings (SSSR count). The Labute approximate surface area is 96.9 Å². The van der Waals surface area contributed by atoms with Crippen LogP contribution in [0.2, 0.25) is 0 Å². The van der Waals surface area contributed by atoms with Gasteiger partial charge in [-0.25, -0.2) is 4.79 Å². The van der Waals surface area contributed by atoms with Crippen LogP contribution in [0.4, 0.5) is 0 Å². The Bertz CT molecular complexity index is 561. The molecule has 1 aromatic heterocycles. The maximum atomic E-state index is 11.7. The van der Waals surface area contributed by atoms with Crippen LogP contribution in [0.3, 0.4) is 0 Å². The Morgan fingerprint density at radius 2 is 2.29 bits per heavy atom. The van der Waals surface area contributed by atoms with Crippen LogP contribution in [0.1, 0.15) is 18.2 Å². The van der Waals surface area contributed by atoms with Crippen molar-refractivity contribution in [3.63, 3.8) is 0 Å². The molecule has 0 spiro atoms. The van der Waals surface area contributed by atoms with Crippen LogP contribution in [0, 0.1) is 18.8 Å². The lowest BCUT2D eigenvalue weighted by molar-refractivity contribution is -0.0517. The maximum absolute atomic E-state index is 11.7. The highest BCUT2D eigenvalue weighted by atomic mass is 16.5. The molecule has 1 aromatic rings. The van der Waals surface area contributed by atoms with E-state index in [9.17, 15) is 9.59 Å². The Morgan fingerprint density at radius 1 is 1.53 bits per heavy atom. The second-order valence-corrected chi connectivity index (χ2v) is 4.79. The predicted octanol–water partition coefficient (Wildman–Crippen LogP) is -0.629. The first-order valence-corrected chi connectivity index (χ1v) is 5.70. The molecule has 0 unspecified atom stereocenters. The van der Waals surface area contributed by atoms with Crippen molar-refractivity contribution in [2.75, 3.05) is 6.61 Å². The zero-order valence-corrected chi connectivity index (χ0v) is 9.42. The van der Waals surface area contributed by atoms with Gasteiger partial charge < -0.3 is 9.84 Å². The third-order valence-electron chi connectivity index (χ3n) is 3.65. The summed E-state index contributed by atoms with van der Waals surface area (Å²) in [5.74, 6) is 0.638. The minimum absolute atomic E-state index is 0.0191. The van der Waals surface area contributed by atoms with Crippen molar-refractivity contribution in [3.05, 3.63) is 32.6 Å². The van der Waals surface area contributed by atoms with Gasteiger partial charge in [-0.15, -0.1) is 0 Å². The fraction of sp³-hybridized carbons (Fsp3) is 0.636. The zero-order chi connectivity index (χ0) is 12.2. The van der Waals surface area contributed by atoms with E-state index in [2.05, 4.69) is 4.98 Å². The fourth-order valence-electron chi connectivity index (χ4n) is 2.60. The molecular formula is C11H14N2O4. The lowest BCUT2D eigenvalue weighted by Gasteiger charge is -2.18. The van der Waals surface area contributed by atoms with E-state index in [0.29, 0.717) is 11.5 Å². The third-order valence-corrected chi connectivity index (χ3v) is 3.65. The molecule has 2 aliphatic rings. The Morgan fingerprint density at radius 3 is 2.94 bits per heavy atom. The first-order valence-electron chi connectivity index (χ1n) is 5.70. The number of hydrogen-bond acceptors (Lipinski definition) is 4. The number of aromatic amines is 1. The molecule has 1 aliphatic carbocycles. The van der Waals surface area contributed by atoms with Gasteiger partial charge in [0.05, 0.1) is 12.7 Å². The van der Waals surface area contributed by atoms with E-state index in [1.165, 1.54) is 10.8 Å². The predicted molar refractivity (Wildman–Crippen MR) is 58.7 cm³/mol. The summed E-state index contributed by atoms with van der Waals surface area (Å²) < 4.78 is 7.05. The number of hydrogen-bond donors (Lipinski definition) is 2. The molecule has 2 fully saturated rings. The van der Waals surface area contributed by atoms with Crippen LogP contribution in [-0.4, -0.2) is 27.4 Å². The molecular weight excluding hydrogens is 224 g/mol. The topological polar surface area (TPSA) is 84.3 Å². The third kappa shape index (κ3) is 1.56. The highest BCUT2D eigenvalue weighted by molar-refractivity contribution is 5.06. The molecule has 1 saturated heterocycles. The zero-order valence-electron chi connectivity index (χ0n) is 9.42. The second kappa shape index (κ2) is 3.54. The minimum atomic E-state index is -0.449. The largest absolute Gasteiger partial charge is 0.394 e. The van der Waals surface area contributed by atoms with Crippen LogP contribution in [0.5, 0.6) is 0 Å². The number of nitrogens with one attached hydrogen (secondary N) is 1. The molecule has 0 radical (unpaired) electrons. The number of rotatable bonds is 2. The van der Waals surface area contributed by atoms with Gasteiger partial charge in [0.15, 0.2) is 0 Å². The van der Waals surface area contributed by atoms with Gasteiger partial charge in [0.25, 0.3) is 5.56 Å². The van der Waals surface area contributed by atoms with Gasteiger partial charge in [-0.1, -0.05) is 0 Å². The van der Waals surface area contributed by atoms with E-state index < -0.39 is 5.69 Å². The number of aromatic nitrogens is 2. The fourth-order valence-corrected chi connectivity index (χ4v) is 2.60. The molecule has 0 aromatic carbocycles. The highest BCUT2D eigenvalue weighted by Crippen LogP contribution is 2.56. The summed E-state index contributed by atoms with van der Waals surface area (Å²) >= 11 is 0. The van der Waals surface area contributed by atoms with Crippen LogP contribution in [0.15, 0.2) is 15.8 Å². The number of aliphatic hydroxyl groups is 1. The van der Waals surface area contributed by atoms with E-state index in [-0.39, 0.29) is 30.4 Å². The molecule has 2 heterocycles.